The van der Waals surface area contributed by atoms with E-state index in [1.165, 1.54) is 12.8 Å². The molecule has 0 bridgehead atoms. The number of hydrogen-bond donors (Lipinski definition) is 0. The zero-order valence-corrected chi connectivity index (χ0v) is 17.3. The maximum absolute atomic E-state index is 12.4. The Hall–Kier alpha value is -2.62. The van der Waals surface area contributed by atoms with Crippen molar-refractivity contribution in [1.82, 2.24) is 0 Å². The average molecular weight is 383 g/mol. The first-order chi connectivity index (χ1) is 13.3. The third-order valence-corrected chi connectivity index (χ3v) is 4.59. The molecule has 0 spiro atoms. The first-order valence-electron chi connectivity index (χ1n) is 9.93. The second-order valence-corrected chi connectivity index (χ2v) is 7.74. The van der Waals surface area contributed by atoms with E-state index >= 15 is 0 Å². The van der Waals surface area contributed by atoms with Gasteiger partial charge in [-0.1, -0.05) is 43.9 Å². The Kier molecular flexibility index (Phi) is 7.80. The summed E-state index contributed by atoms with van der Waals surface area (Å²) in [5.41, 5.74) is 1.50. The fraction of sp³-hybridized carbons (Fsp3) is 0.417. The Morgan fingerprint density at radius 2 is 1.39 bits per heavy atom. The molecule has 4 heteroatoms. The fourth-order valence-electron chi connectivity index (χ4n) is 2.85. The maximum atomic E-state index is 12.4. The van der Waals surface area contributed by atoms with Crippen LogP contribution in [0, 0.1) is 6.92 Å². The second-order valence-electron chi connectivity index (χ2n) is 7.74. The molecule has 2 aromatic carbocycles. The molecule has 0 saturated heterocycles. The van der Waals surface area contributed by atoms with E-state index in [1.54, 1.807) is 36.4 Å². The number of esters is 2. The van der Waals surface area contributed by atoms with Crippen molar-refractivity contribution in [3.05, 3.63) is 65.2 Å². The summed E-state index contributed by atoms with van der Waals surface area (Å²) in [7, 11) is 0. The predicted octanol–water partition coefficient (Wildman–Crippen LogP) is 6.12. The number of aryl methyl sites for hydroxylation is 1. The van der Waals surface area contributed by atoms with Crippen LogP contribution in [0.25, 0.3) is 0 Å². The van der Waals surface area contributed by atoms with Crippen LogP contribution < -0.4 is 4.74 Å². The predicted molar refractivity (Wildman–Crippen MR) is 111 cm³/mol. The van der Waals surface area contributed by atoms with Crippen molar-refractivity contribution in [1.29, 1.82) is 0 Å². The molecule has 4 nitrogen and oxygen atoms in total. The second kappa shape index (κ2) is 10.1. The van der Waals surface area contributed by atoms with Crippen molar-refractivity contribution in [3.63, 3.8) is 0 Å². The Morgan fingerprint density at radius 3 is 2.00 bits per heavy atom. The van der Waals surface area contributed by atoms with Crippen molar-refractivity contribution in [3.8, 4) is 5.75 Å². The average Bonchev–Trinajstić information content (AvgIpc) is 2.66. The number of rotatable bonds is 9. The van der Waals surface area contributed by atoms with Crippen LogP contribution in [0.2, 0.25) is 0 Å². The molecule has 0 N–H and O–H groups in total. The smallest absolute Gasteiger partial charge is 0.343 e. The van der Waals surface area contributed by atoms with E-state index in [0.29, 0.717) is 16.9 Å². The summed E-state index contributed by atoms with van der Waals surface area (Å²) >= 11 is 0. The molecule has 0 heterocycles. The lowest BCUT2D eigenvalue weighted by atomic mass is 10.00. The largest absolute Gasteiger partial charge is 0.456 e. The summed E-state index contributed by atoms with van der Waals surface area (Å²) in [4.78, 5) is 24.6. The lowest BCUT2D eigenvalue weighted by molar-refractivity contribution is -0.00549. The Labute approximate surface area is 167 Å². The Balaban J connectivity index is 1.91. The van der Waals surface area contributed by atoms with Crippen molar-refractivity contribution in [2.24, 2.45) is 0 Å². The summed E-state index contributed by atoms with van der Waals surface area (Å²) in [6.45, 7) is 8.01. The van der Waals surface area contributed by atoms with E-state index in [1.807, 2.05) is 32.9 Å². The van der Waals surface area contributed by atoms with Crippen LogP contribution in [-0.4, -0.2) is 17.5 Å². The minimum Gasteiger partial charge on any atom is -0.456 e. The zero-order valence-electron chi connectivity index (χ0n) is 17.3. The molecule has 0 saturated carbocycles. The SMILES string of the molecule is CCCCCCC(C)(C)OC(=O)c1ccc(OC(=O)c2ccc(C)cc2)cc1. The van der Waals surface area contributed by atoms with Gasteiger partial charge in [-0.2, -0.15) is 0 Å². The van der Waals surface area contributed by atoms with E-state index in [0.717, 1.165) is 24.8 Å². The highest BCUT2D eigenvalue weighted by molar-refractivity contribution is 5.92. The molecule has 0 aromatic heterocycles. The molecule has 2 rings (SSSR count). The number of carbonyl (C=O) groups is 2. The number of hydrogen-bond acceptors (Lipinski definition) is 4. The zero-order chi connectivity index (χ0) is 20.6. The van der Waals surface area contributed by atoms with Crippen LogP contribution in [0.5, 0.6) is 5.75 Å². The molecule has 150 valence electrons. The van der Waals surface area contributed by atoms with Gasteiger partial charge in [0, 0.05) is 0 Å². The van der Waals surface area contributed by atoms with Gasteiger partial charge < -0.3 is 9.47 Å². The first kappa shape index (κ1) is 21.7. The Morgan fingerprint density at radius 1 is 0.821 bits per heavy atom. The molecular weight excluding hydrogens is 352 g/mol. The van der Waals surface area contributed by atoms with Crippen LogP contribution in [0.4, 0.5) is 0 Å². The van der Waals surface area contributed by atoms with Crippen LogP contribution in [0.3, 0.4) is 0 Å². The van der Waals surface area contributed by atoms with Gasteiger partial charge in [0.2, 0.25) is 0 Å². The van der Waals surface area contributed by atoms with E-state index in [9.17, 15) is 9.59 Å². The first-order valence-corrected chi connectivity index (χ1v) is 9.93. The van der Waals surface area contributed by atoms with Gasteiger partial charge in [0.05, 0.1) is 11.1 Å². The number of benzene rings is 2. The molecule has 0 fully saturated rings. The molecular formula is C24H30O4. The standard InChI is InChI=1S/C24H30O4/c1-5-6-7-8-17-24(3,4)28-23(26)20-13-15-21(16-14-20)27-22(25)19-11-9-18(2)10-12-19/h9-16H,5-8,17H2,1-4H3. The van der Waals surface area contributed by atoms with Crippen molar-refractivity contribution in [2.45, 2.75) is 65.4 Å². The van der Waals surface area contributed by atoms with Crippen LogP contribution in [0.1, 0.15) is 79.2 Å². The van der Waals surface area contributed by atoms with Gasteiger partial charge in [-0.05, 0) is 70.0 Å². The molecule has 0 radical (unpaired) electrons. The molecule has 0 amide bonds. The van der Waals surface area contributed by atoms with Gasteiger partial charge >= 0.3 is 11.9 Å². The Bertz CT molecular complexity index is 773. The fourth-order valence-corrected chi connectivity index (χ4v) is 2.85. The highest BCUT2D eigenvalue weighted by Gasteiger charge is 2.23. The van der Waals surface area contributed by atoms with Gasteiger partial charge in [-0.15, -0.1) is 0 Å². The minimum absolute atomic E-state index is 0.364. The van der Waals surface area contributed by atoms with E-state index in [-0.39, 0.29) is 5.97 Å². The van der Waals surface area contributed by atoms with E-state index < -0.39 is 11.6 Å². The van der Waals surface area contributed by atoms with Gasteiger partial charge in [0.15, 0.2) is 0 Å². The lowest BCUT2D eigenvalue weighted by Gasteiger charge is -2.25. The van der Waals surface area contributed by atoms with Gasteiger partial charge in [0.1, 0.15) is 11.4 Å². The highest BCUT2D eigenvalue weighted by Crippen LogP contribution is 2.22. The van der Waals surface area contributed by atoms with E-state index in [4.69, 9.17) is 9.47 Å². The van der Waals surface area contributed by atoms with E-state index in [2.05, 4.69) is 6.92 Å². The van der Waals surface area contributed by atoms with Crippen molar-refractivity contribution < 1.29 is 19.1 Å². The van der Waals surface area contributed by atoms with Crippen LogP contribution in [0.15, 0.2) is 48.5 Å². The topological polar surface area (TPSA) is 52.6 Å². The summed E-state index contributed by atoms with van der Waals surface area (Å²) in [5.74, 6) is -0.401. The normalized spacial score (nSPS) is 11.1. The van der Waals surface area contributed by atoms with Crippen molar-refractivity contribution >= 4 is 11.9 Å². The van der Waals surface area contributed by atoms with Gasteiger partial charge in [-0.25, -0.2) is 9.59 Å². The molecule has 0 unspecified atom stereocenters. The number of ether oxygens (including phenoxy) is 2. The summed E-state index contributed by atoms with van der Waals surface area (Å²) < 4.78 is 11.0. The third kappa shape index (κ3) is 6.84. The quantitative estimate of drug-likeness (QED) is 0.298. The molecule has 0 aliphatic heterocycles. The molecule has 2 aromatic rings. The van der Waals surface area contributed by atoms with Crippen LogP contribution in [-0.2, 0) is 4.74 Å². The molecule has 28 heavy (non-hydrogen) atoms. The minimum atomic E-state index is -0.499. The third-order valence-electron chi connectivity index (χ3n) is 4.59. The monoisotopic (exact) mass is 382 g/mol. The molecule has 0 aliphatic carbocycles. The van der Waals surface area contributed by atoms with Gasteiger partial charge in [-0.3, -0.25) is 0 Å². The summed E-state index contributed by atoms with van der Waals surface area (Å²) in [5, 5.41) is 0. The lowest BCUT2D eigenvalue weighted by Crippen LogP contribution is -2.28. The molecule has 0 atom stereocenters. The number of unbranched alkanes of at least 4 members (excludes halogenated alkanes) is 3. The highest BCUT2D eigenvalue weighted by atomic mass is 16.6. The molecule has 0 aliphatic rings. The number of carbonyl (C=O) groups excluding carboxylic acids is 2. The summed E-state index contributed by atoms with van der Waals surface area (Å²) in [6.07, 6.45) is 5.42. The van der Waals surface area contributed by atoms with Crippen molar-refractivity contribution in [2.75, 3.05) is 0 Å². The summed E-state index contributed by atoms with van der Waals surface area (Å²) in [6, 6.07) is 13.6. The van der Waals surface area contributed by atoms with Gasteiger partial charge in [0.25, 0.3) is 0 Å². The van der Waals surface area contributed by atoms with Crippen LogP contribution >= 0.6 is 0 Å². The maximum Gasteiger partial charge on any atom is 0.343 e.